The zero-order chi connectivity index (χ0) is 13.8. The average Bonchev–Trinajstić information content (AvgIpc) is 2.28. The molecule has 0 aliphatic carbocycles. The molecule has 0 aromatic heterocycles. The van der Waals surface area contributed by atoms with Gasteiger partial charge in [-0.2, -0.15) is 0 Å². The van der Waals surface area contributed by atoms with Gasteiger partial charge in [-0.1, -0.05) is 0 Å². The van der Waals surface area contributed by atoms with Crippen molar-refractivity contribution in [3.8, 4) is 5.75 Å². The number of sulfonamides is 1. The molecular formula is C11H18N2O4S. The quantitative estimate of drug-likeness (QED) is 0.649. The lowest BCUT2D eigenvalue weighted by Gasteiger charge is -2.11. The number of rotatable bonds is 6. The highest BCUT2D eigenvalue weighted by molar-refractivity contribution is 7.89. The predicted molar refractivity (Wildman–Crippen MR) is 68.9 cm³/mol. The van der Waals surface area contributed by atoms with E-state index in [0.717, 1.165) is 0 Å². The fraction of sp³-hybridized carbons (Fsp3) is 0.455. The Morgan fingerprint density at radius 3 is 2.72 bits per heavy atom. The SMILES string of the molecule is COc1ccc(N)cc1S(=O)(=O)NCCC(C)O. The Morgan fingerprint density at radius 2 is 2.17 bits per heavy atom. The maximum absolute atomic E-state index is 12.0. The van der Waals surface area contributed by atoms with Crippen LogP contribution < -0.4 is 15.2 Å². The third-order valence-electron chi connectivity index (χ3n) is 2.33. The van der Waals surface area contributed by atoms with Gasteiger partial charge >= 0.3 is 0 Å². The van der Waals surface area contributed by atoms with Crippen LogP contribution in [0.15, 0.2) is 23.1 Å². The van der Waals surface area contributed by atoms with E-state index in [-0.39, 0.29) is 17.2 Å². The summed E-state index contributed by atoms with van der Waals surface area (Å²) in [6.45, 7) is 1.74. The Hall–Kier alpha value is -1.31. The largest absolute Gasteiger partial charge is 0.495 e. The van der Waals surface area contributed by atoms with Crippen molar-refractivity contribution in [1.29, 1.82) is 0 Å². The first-order valence-electron chi connectivity index (χ1n) is 5.48. The molecule has 0 amide bonds. The minimum atomic E-state index is -3.69. The number of anilines is 1. The summed E-state index contributed by atoms with van der Waals surface area (Å²) in [5.41, 5.74) is 5.91. The molecule has 0 aliphatic heterocycles. The highest BCUT2D eigenvalue weighted by Crippen LogP contribution is 2.25. The molecule has 1 rings (SSSR count). The van der Waals surface area contributed by atoms with Crippen LogP contribution in [-0.4, -0.2) is 33.3 Å². The van der Waals surface area contributed by atoms with Gasteiger partial charge in [0, 0.05) is 12.2 Å². The highest BCUT2D eigenvalue weighted by atomic mass is 32.2. The van der Waals surface area contributed by atoms with E-state index in [0.29, 0.717) is 12.1 Å². The van der Waals surface area contributed by atoms with Gasteiger partial charge in [-0.25, -0.2) is 13.1 Å². The third kappa shape index (κ3) is 3.86. The summed E-state index contributed by atoms with van der Waals surface area (Å²) in [5.74, 6) is 0.230. The van der Waals surface area contributed by atoms with Crippen molar-refractivity contribution in [3.05, 3.63) is 18.2 Å². The minimum absolute atomic E-state index is 0.00408. The molecule has 0 fully saturated rings. The van der Waals surface area contributed by atoms with Crippen LogP contribution in [0.1, 0.15) is 13.3 Å². The number of ether oxygens (including phenoxy) is 1. The van der Waals surface area contributed by atoms with Gasteiger partial charge < -0.3 is 15.6 Å². The molecular weight excluding hydrogens is 256 g/mol. The topological polar surface area (TPSA) is 102 Å². The molecule has 0 aliphatic rings. The van der Waals surface area contributed by atoms with E-state index in [1.54, 1.807) is 13.0 Å². The molecule has 102 valence electrons. The van der Waals surface area contributed by atoms with Crippen LogP contribution in [0.25, 0.3) is 0 Å². The highest BCUT2D eigenvalue weighted by Gasteiger charge is 2.19. The van der Waals surface area contributed by atoms with Crippen LogP contribution in [0.4, 0.5) is 5.69 Å². The first kappa shape index (κ1) is 14.7. The third-order valence-corrected chi connectivity index (χ3v) is 3.81. The van der Waals surface area contributed by atoms with E-state index in [1.807, 2.05) is 0 Å². The normalized spacial score (nSPS) is 13.3. The van der Waals surface area contributed by atoms with Gasteiger partial charge in [0.15, 0.2) is 0 Å². The maximum Gasteiger partial charge on any atom is 0.244 e. The lowest BCUT2D eigenvalue weighted by Crippen LogP contribution is -2.27. The van der Waals surface area contributed by atoms with E-state index >= 15 is 0 Å². The maximum atomic E-state index is 12.0. The number of nitrogens with two attached hydrogens (primary N) is 1. The monoisotopic (exact) mass is 274 g/mol. The fourth-order valence-corrected chi connectivity index (χ4v) is 2.63. The van der Waals surface area contributed by atoms with Gasteiger partial charge in [-0.05, 0) is 31.5 Å². The molecule has 18 heavy (non-hydrogen) atoms. The van der Waals surface area contributed by atoms with Gasteiger partial charge in [-0.3, -0.25) is 0 Å². The lowest BCUT2D eigenvalue weighted by molar-refractivity contribution is 0.186. The molecule has 0 radical (unpaired) electrons. The Balaban J connectivity index is 2.93. The summed E-state index contributed by atoms with van der Waals surface area (Å²) in [5, 5.41) is 9.09. The second-order valence-corrected chi connectivity index (χ2v) is 5.68. The Labute approximate surface area is 107 Å². The molecule has 0 bridgehead atoms. The smallest absolute Gasteiger partial charge is 0.244 e. The molecule has 1 unspecified atom stereocenters. The number of hydrogen-bond donors (Lipinski definition) is 3. The molecule has 1 atom stereocenters. The van der Waals surface area contributed by atoms with Crippen LogP contribution in [0.5, 0.6) is 5.75 Å². The van der Waals surface area contributed by atoms with Crippen LogP contribution in [0.2, 0.25) is 0 Å². The number of benzene rings is 1. The molecule has 1 aromatic carbocycles. The molecule has 0 spiro atoms. The second kappa shape index (κ2) is 6.03. The molecule has 0 heterocycles. The molecule has 1 aromatic rings. The van der Waals surface area contributed by atoms with Crippen molar-refractivity contribution in [2.45, 2.75) is 24.3 Å². The van der Waals surface area contributed by atoms with Crippen LogP contribution in [0, 0.1) is 0 Å². The molecule has 6 nitrogen and oxygen atoms in total. The fourth-order valence-electron chi connectivity index (χ4n) is 1.38. The summed E-state index contributed by atoms with van der Waals surface area (Å²) < 4.78 is 31.4. The van der Waals surface area contributed by atoms with E-state index in [2.05, 4.69) is 4.72 Å². The zero-order valence-corrected chi connectivity index (χ0v) is 11.2. The van der Waals surface area contributed by atoms with Crippen molar-refractivity contribution in [2.24, 2.45) is 0 Å². The summed E-state index contributed by atoms with van der Waals surface area (Å²) in [4.78, 5) is -0.00408. The van der Waals surface area contributed by atoms with Crippen LogP contribution in [-0.2, 0) is 10.0 Å². The molecule has 7 heteroatoms. The first-order valence-corrected chi connectivity index (χ1v) is 6.96. The zero-order valence-electron chi connectivity index (χ0n) is 10.4. The van der Waals surface area contributed by atoms with Crippen molar-refractivity contribution in [3.63, 3.8) is 0 Å². The summed E-state index contributed by atoms with van der Waals surface area (Å²) in [6.07, 6.45) is -0.223. The standard InChI is InChI=1S/C11H18N2O4S/c1-8(14)5-6-13-18(15,16)11-7-9(12)3-4-10(11)17-2/h3-4,7-8,13-14H,5-6,12H2,1-2H3. The Kier molecular flexibility index (Phi) is 4.94. The van der Waals surface area contributed by atoms with E-state index in [9.17, 15) is 8.42 Å². The van der Waals surface area contributed by atoms with Gasteiger partial charge in [0.2, 0.25) is 10.0 Å². The number of aliphatic hydroxyl groups is 1. The van der Waals surface area contributed by atoms with E-state index in [4.69, 9.17) is 15.6 Å². The average molecular weight is 274 g/mol. The lowest BCUT2D eigenvalue weighted by atomic mass is 10.3. The Bertz CT molecular complexity index is 500. The number of nitrogens with one attached hydrogen (secondary N) is 1. The van der Waals surface area contributed by atoms with Gasteiger partial charge in [0.1, 0.15) is 10.6 Å². The number of nitrogen functional groups attached to an aromatic ring is 1. The van der Waals surface area contributed by atoms with Crippen molar-refractivity contribution in [2.75, 3.05) is 19.4 Å². The van der Waals surface area contributed by atoms with Gasteiger partial charge in [0.05, 0.1) is 13.2 Å². The summed E-state index contributed by atoms with van der Waals surface area (Å²) >= 11 is 0. The second-order valence-electron chi connectivity index (χ2n) is 3.95. The van der Waals surface area contributed by atoms with Gasteiger partial charge in [0.25, 0.3) is 0 Å². The molecule has 4 N–H and O–H groups in total. The number of aliphatic hydroxyl groups excluding tert-OH is 1. The van der Waals surface area contributed by atoms with Crippen molar-refractivity contribution < 1.29 is 18.3 Å². The van der Waals surface area contributed by atoms with Crippen molar-refractivity contribution in [1.82, 2.24) is 4.72 Å². The predicted octanol–water partition coefficient (Wildman–Crippen LogP) is 0.327. The van der Waals surface area contributed by atoms with Crippen LogP contribution in [0.3, 0.4) is 0 Å². The molecule has 0 saturated carbocycles. The van der Waals surface area contributed by atoms with Crippen molar-refractivity contribution >= 4 is 15.7 Å². The summed E-state index contributed by atoms with van der Waals surface area (Å²) in [6, 6.07) is 4.40. The number of methoxy groups -OCH3 is 1. The van der Waals surface area contributed by atoms with Crippen LogP contribution >= 0.6 is 0 Å². The van der Waals surface area contributed by atoms with Gasteiger partial charge in [-0.15, -0.1) is 0 Å². The number of hydrogen-bond acceptors (Lipinski definition) is 5. The summed E-state index contributed by atoms with van der Waals surface area (Å²) in [7, 11) is -2.30. The first-order chi connectivity index (χ1) is 8.36. The minimum Gasteiger partial charge on any atom is -0.495 e. The van der Waals surface area contributed by atoms with E-state index < -0.39 is 16.1 Å². The Morgan fingerprint density at radius 1 is 1.50 bits per heavy atom. The molecule has 0 saturated heterocycles. The van der Waals surface area contributed by atoms with E-state index in [1.165, 1.54) is 19.2 Å².